The van der Waals surface area contributed by atoms with Gasteiger partial charge in [-0.15, -0.1) is 0 Å². The van der Waals surface area contributed by atoms with Gasteiger partial charge in [-0.2, -0.15) is 0 Å². The van der Waals surface area contributed by atoms with Crippen LogP contribution in [0.1, 0.15) is 16.8 Å². The minimum absolute atomic E-state index is 0.145. The van der Waals surface area contributed by atoms with E-state index in [1.165, 1.54) is 5.56 Å². The molecule has 0 fully saturated rings. The van der Waals surface area contributed by atoms with Crippen LogP contribution in [0, 0.1) is 6.92 Å². The molecule has 2 aromatic carbocycles. The lowest BCUT2D eigenvalue weighted by Crippen LogP contribution is -2.81. The summed E-state index contributed by atoms with van der Waals surface area (Å²) in [6, 6.07) is 18.0. The monoisotopic (exact) mass is 279 g/mol. The molecule has 3 nitrogen and oxygen atoms in total. The van der Waals surface area contributed by atoms with Gasteiger partial charge in [0.25, 0.3) is 0 Å². The first-order valence-electron chi connectivity index (χ1n) is 7.22. The van der Waals surface area contributed by atoms with Gasteiger partial charge in [-0.1, -0.05) is 42.5 Å². The molecule has 0 aliphatic heterocycles. The highest BCUT2D eigenvalue weighted by Crippen LogP contribution is 2.09. The third-order valence-electron chi connectivity index (χ3n) is 3.79. The number of pyridine rings is 1. The van der Waals surface area contributed by atoms with Crippen molar-refractivity contribution >= 4 is 10.9 Å². The van der Waals surface area contributed by atoms with Crippen LogP contribution >= 0.6 is 0 Å². The summed E-state index contributed by atoms with van der Waals surface area (Å²) in [5.41, 5.74) is 4.15. The van der Waals surface area contributed by atoms with Gasteiger partial charge in [-0.3, -0.25) is 4.79 Å². The zero-order chi connectivity index (χ0) is 14.7. The quantitative estimate of drug-likeness (QED) is 0.755. The molecule has 0 unspecified atom stereocenters. The van der Waals surface area contributed by atoms with Gasteiger partial charge >= 0.3 is 0 Å². The molecule has 0 spiro atoms. The van der Waals surface area contributed by atoms with E-state index in [9.17, 15) is 4.79 Å². The van der Waals surface area contributed by atoms with Crippen LogP contribution in [0.3, 0.4) is 0 Å². The number of hydrogen-bond donors (Lipinski definition) is 2. The molecule has 0 atom stereocenters. The predicted molar refractivity (Wildman–Crippen MR) is 85.1 cm³/mol. The molecule has 0 saturated heterocycles. The van der Waals surface area contributed by atoms with E-state index in [0.717, 1.165) is 28.7 Å². The summed E-state index contributed by atoms with van der Waals surface area (Å²) in [4.78, 5) is 15.9. The molecule has 0 saturated carbocycles. The number of aromatic amines is 1. The van der Waals surface area contributed by atoms with Crippen LogP contribution < -0.4 is 10.7 Å². The van der Waals surface area contributed by atoms with Crippen LogP contribution in [0.25, 0.3) is 10.9 Å². The molecule has 3 N–H and O–H groups in total. The van der Waals surface area contributed by atoms with Gasteiger partial charge in [0.1, 0.15) is 13.1 Å². The number of aryl methyl sites for hydroxylation is 1. The summed E-state index contributed by atoms with van der Waals surface area (Å²) in [6.07, 6.45) is 0. The number of quaternary nitrogens is 1. The smallest absolute Gasteiger partial charge is 0.198 e. The molecule has 0 amide bonds. The lowest BCUT2D eigenvalue weighted by atomic mass is 10.1. The molecule has 1 heterocycles. The second-order valence-corrected chi connectivity index (χ2v) is 5.29. The third-order valence-corrected chi connectivity index (χ3v) is 3.79. The van der Waals surface area contributed by atoms with Crippen molar-refractivity contribution in [3.8, 4) is 0 Å². The Bertz CT molecular complexity index is 806. The summed E-state index contributed by atoms with van der Waals surface area (Å²) in [6.45, 7) is 3.55. The van der Waals surface area contributed by atoms with Gasteiger partial charge in [-0.25, -0.2) is 0 Å². The van der Waals surface area contributed by atoms with Crippen molar-refractivity contribution in [3.05, 3.63) is 81.6 Å². The average molecular weight is 279 g/mol. The second kappa shape index (κ2) is 5.94. The van der Waals surface area contributed by atoms with Gasteiger partial charge in [0, 0.05) is 22.2 Å². The standard InChI is InChI=1S/C18H18N2O/c1-13-16(12-19-11-14-7-3-2-4-8-14)18(21)15-9-5-6-10-17(15)20-13/h2-10,19H,11-12H2,1H3,(H,20,21)/p+1. The maximum absolute atomic E-state index is 12.6. The molecule has 1 aromatic heterocycles. The average Bonchev–Trinajstić information content (AvgIpc) is 2.51. The normalized spacial score (nSPS) is 10.9. The van der Waals surface area contributed by atoms with Crippen molar-refractivity contribution in [2.45, 2.75) is 20.0 Å². The van der Waals surface area contributed by atoms with Crippen molar-refractivity contribution in [3.63, 3.8) is 0 Å². The maximum Gasteiger partial charge on any atom is 0.198 e. The Morgan fingerprint density at radius 2 is 1.67 bits per heavy atom. The van der Waals surface area contributed by atoms with Crippen molar-refractivity contribution in [2.24, 2.45) is 0 Å². The van der Waals surface area contributed by atoms with E-state index in [4.69, 9.17) is 0 Å². The Kier molecular flexibility index (Phi) is 3.84. The molecule has 0 aliphatic rings. The van der Waals surface area contributed by atoms with E-state index in [2.05, 4.69) is 22.4 Å². The molecule has 3 aromatic rings. The van der Waals surface area contributed by atoms with Crippen LogP contribution in [0.5, 0.6) is 0 Å². The SMILES string of the molecule is Cc1[nH]c2ccccc2c(=O)c1C[NH2+]Cc1ccccc1. The van der Waals surface area contributed by atoms with Gasteiger partial charge in [0.05, 0.1) is 5.56 Å². The molecular weight excluding hydrogens is 260 g/mol. The zero-order valence-electron chi connectivity index (χ0n) is 12.1. The minimum Gasteiger partial charge on any atom is -0.358 e. The highest BCUT2D eigenvalue weighted by atomic mass is 16.1. The Labute approximate surface area is 123 Å². The lowest BCUT2D eigenvalue weighted by Gasteiger charge is -2.07. The highest BCUT2D eigenvalue weighted by molar-refractivity contribution is 5.79. The van der Waals surface area contributed by atoms with Gasteiger partial charge < -0.3 is 10.3 Å². The Balaban J connectivity index is 1.82. The highest BCUT2D eigenvalue weighted by Gasteiger charge is 2.10. The first kappa shape index (κ1) is 13.6. The summed E-state index contributed by atoms with van der Waals surface area (Å²) in [5.74, 6) is 0. The van der Waals surface area contributed by atoms with E-state index in [-0.39, 0.29) is 5.43 Å². The van der Waals surface area contributed by atoms with Crippen LogP contribution in [-0.4, -0.2) is 4.98 Å². The molecule has 0 radical (unpaired) electrons. The molecule has 3 heteroatoms. The molecule has 106 valence electrons. The minimum atomic E-state index is 0.145. The second-order valence-electron chi connectivity index (χ2n) is 5.29. The van der Waals surface area contributed by atoms with E-state index < -0.39 is 0 Å². The van der Waals surface area contributed by atoms with Gasteiger partial charge in [0.15, 0.2) is 5.43 Å². The Hall–Kier alpha value is -2.39. The van der Waals surface area contributed by atoms with Gasteiger partial charge in [0.2, 0.25) is 0 Å². The van der Waals surface area contributed by atoms with E-state index >= 15 is 0 Å². The topological polar surface area (TPSA) is 49.5 Å². The third kappa shape index (κ3) is 2.88. The van der Waals surface area contributed by atoms with E-state index in [1.54, 1.807) is 0 Å². The largest absolute Gasteiger partial charge is 0.358 e. The fourth-order valence-corrected chi connectivity index (χ4v) is 2.64. The van der Waals surface area contributed by atoms with Crippen LogP contribution in [-0.2, 0) is 13.1 Å². The molecular formula is C18H19N2O+. The van der Waals surface area contributed by atoms with Crippen molar-refractivity contribution in [2.75, 3.05) is 0 Å². The zero-order valence-corrected chi connectivity index (χ0v) is 12.1. The number of benzene rings is 2. The number of nitrogens with two attached hydrogens (primary N) is 1. The Morgan fingerprint density at radius 3 is 2.48 bits per heavy atom. The number of fused-ring (bicyclic) bond motifs is 1. The summed E-state index contributed by atoms with van der Waals surface area (Å²) >= 11 is 0. The molecule has 0 aliphatic carbocycles. The van der Waals surface area contributed by atoms with Crippen LogP contribution in [0.2, 0.25) is 0 Å². The number of aromatic nitrogens is 1. The predicted octanol–water partition coefficient (Wildman–Crippen LogP) is 2.10. The summed E-state index contributed by atoms with van der Waals surface area (Å²) in [7, 11) is 0. The molecule has 0 bridgehead atoms. The number of rotatable bonds is 4. The molecule has 21 heavy (non-hydrogen) atoms. The lowest BCUT2D eigenvalue weighted by molar-refractivity contribution is -0.686. The number of nitrogens with one attached hydrogen (secondary N) is 1. The number of H-pyrrole nitrogens is 1. The van der Waals surface area contributed by atoms with Gasteiger partial charge in [-0.05, 0) is 19.1 Å². The fourth-order valence-electron chi connectivity index (χ4n) is 2.64. The first-order valence-corrected chi connectivity index (χ1v) is 7.22. The summed E-state index contributed by atoms with van der Waals surface area (Å²) < 4.78 is 0. The Morgan fingerprint density at radius 1 is 0.952 bits per heavy atom. The van der Waals surface area contributed by atoms with E-state index in [0.29, 0.717) is 6.54 Å². The first-order chi connectivity index (χ1) is 10.3. The van der Waals surface area contributed by atoms with Crippen molar-refractivity contribution in [1.29, 1.82) is 0 Å². The van der Waals surface area contributed by atoms with Crippen molar-refractivity contribution in [1.82, 2.24) is 4.98 Å². The molecule has 3 rings (SSSR count). The van der Waals surface area contributed by atoms with Crippen molar-refractivity contribution < 1.29 is 5.32 Å². The number of para-hydroxylation sites is 1. The van der Waals surface area contributed by atoms with Crippen LogP contribution in [0.15, 0.2) is 59.4 Å². The van der Waals surface area contributed by atoms with Crippen LogP contribution in [0.4, 0.5) is 0 Å². The van der Waals surface area contributed by atoms with E-state index in [1.807, 2.05) is 49.4 Å². The summed E-state index contributed by atoms with van der Waals surface area (Å²) in [5, 5.41) is 2.94. The fraction of sp³-hybridized carbons (Fsp3) is 0.167. The number of hydrogen-bond acceptors (Lipinski definition) is 1. The maximum atomic E-state index is 12.6.